The SMILES string of the molecule is COc1ccc(COC(=O)C(C)(C)CN2C[C@@H]3[C@H](C2)N(Cc2ccccc2)CC3(F)F)cc1. The van der Waals surface area contributed by atoms with Gasteiger partial charge in [-0.2, -0.15) is 0 Å². The molecule has 2 saturated heterocycles. The van der Waals surface area contributed by atoms with Gasteiger partial charge in [0.05, 0.1) is 25.0 Å². The molecule has 0 saturated carbocycles. The minimum Gasteiger partial charge on any atom is -0.497 e. The van der Waals surface area contributed by atoms with Gasteiger partial charge in [-0.1, -0.05) is 42.5 Å². The van der Waals surface area contributed by atoms with Crippen LogP contribution in [0.2, 0.25) is 0 Å². The molecule has 0 spiro atoms. The minimum atomic E-state index is -2.73. The van der Waals surface area contributed by atoms with Crippen molar-refractivity contribution in [1.82, 2.24) is 9.80 Å². The molecular formula is C26H32F2N2O3. The van der Waals surface area contributed by atoms with Crippen LogP contribution in [0.3, 0.4) is 0 Å². The third-order valence-electron chi connectivity index (χ3n) is 6.72. The lowest BCUT2D eigenvalue weighted by Crippen LogP contribution is -2.42. The molecule has 2 atom stereocenters. The number of esters is 1. The summed E-state index contributed by atoms with van der Waals surface area (Å²) in [6, 6.07) is 16.9. The predicted octanol–water partition coefficient (Wildman–Crippen LogP) is 4.22. The first-order chi connectivity index (χ1) is 15.7. The number of hydrogen-bond donors (Lipinski definition) is 0. The van der Waals surface area contributed by atoms with Crippen molar-refractivity contribution in [3.8, 4) is 5.75 Å². The lowest BCUT2D eigenvalue weighted by molar-refractivity contribution is -0.156. The molecule has 0 aromatic heterocycles. The smallest absolute Gasteiger partial charge is 0.313 e. The van der Waals surface area contributed by atoms with Gasteiger partial charge in [-0.3, -0.25) is 9.69 Å². The van der Waals surface area contributed by atoms with E-state index in [2.05, 4.69) is 0 Å². The van der Waals surface area contributed by atoms with Crippen molar-refractivity contribution >= 4 is 5.97 Å². The molecule has 2 fully saturated rings. The third-order valence-corrected chi connectivity index (χ3v) is 6.72. The molecule has 2 aliphatic heterocycles. The van der Waals surface area contributed by atoms with Gasteiger partial charge in [-0.15, -0.1) is 0 Å². The molecule has 0 bridgehead atoms. The van der Waals surface area contributed by atoms with E-state index >= 15 is 0 Å². The van der Waals surface area contributed by atoms with Crippen LogP contribution in [0.5, 0.6) is 5.75 Å². The van der Waals surface area contributed by atoms with Crippen LogP contribution in [0.1, 0.15) is 25.0 Å². The Morgan fingerprint density at radius 1 is 1.06 bits per heavy atom. The van der Waals surface area contributed by atoms with E-state index < -0.39 is 17.3 Å². The van der Waals surface area contributed by atoms with E-state index in [1.54, 1.807) is 7.11 Å². The van der Waals surface area contributed by atoms with Gasteiger partial charge >= 0.3 is 5.97 Å². The summed E-state index contributed by atoms with van der Waals surface area (Å²) in [7, 11) is 1.60. The number of hydrogen-bond acceptors (Lipinski definition) is 5. The summed E-state index contributed by atoms with van der Waals surface area (Å²) >= 11 is 0. The van der Waals surface area contributed by atoms with Gasteiger partial charge in [0, 0.05) is 32.2 Å². The van der Waals surface area contributed by atoms with Crippen molar-refractivity contribution in [2.24, 2.45) is 11.3 Å². The van der Waals surface area contributed by atoms with Crippen LogP contribution in [0, 0.1) is 11.3 Å². The second-order valence-corrected chi connectivity index (χ2v) is 9.83. The van der Waals surface area contributed by atoms with Gasteiger partial charge in [0.25, 0.3) is 5.92 Å². The Kier molecular flexibility index (Phi) is 6.73. The number of alkyl halides is 2. The lowest BCUT2D eigenvalue weighted by atomic mass is 9.93. The molecule has 33 heavy (non-hydrogen) atoms. The highest BCUT2D eigenvalue weighted by atomic mass is 19.3. The van der Waals surface area contributed by atoms with Crippen molar-refractivity contribution in [2.45, 2.75) is 39.0 Å². The van der Waals surface area contributed by atoms with E-state index in [4.69, 9.17) is 9.47 Å². The highest BCUT2D eigenvalue weighted by Crippen LogP contribution is 2.43. The van der Waals surface area contributed by atoms with Crippen LogP contribution < -0.4 is 4.74 Å². The molecule has 0 amide bonds. The van der Waals surface area contributed by atoms with Crippen molar-refractivity contribution < 1.29 is 23.0 Å². The van der Waals surface area contributed by atoms with Gasteiger partial charge in [0.15, 0.2) is 0 Å². The van der Waals surface area contributed by atoms with Crippen LogP contribution in [0.4, 0.5) is 8.78 Å². The summed E-state index contributed by atoms with van der Waals surface area (Å²) in [5.41, 5.74) is 1.10. The number of nitrogens with zero attached hydrogens (tertiary/aromatic N) is 2. The van der Waals surface area contributed by atoms with Gasteiger partial charge in [-0.25, -0.2) is 8.78 Å². The molecule has 2 aromatic rings. The second-order valence-electron chi connectivity index (χ2n) is 9.83. The molecule has 2 aromatic carbocycles. The molecule has 2 aliphatic rings. The van der Waals surface area contributed by atoms with Crippen LogP contribution in [-0.2, 0) is 22.7 Å². The first-order valence-corrected chi connectivity index (χ1v) is 11.4. The largest absolute Gasteiger partial charge is 0.497 e. The Bertz CT molecular complexity index is 950. The average molecular weight is 459 g/mol. The van der Waals surface area contributed by atoms with Crippen molar-refractivity contribution in [1.29, 1.82) is 0 Å². The molecule has 178 valence electrons. The number of fused-ring (bicyclic) bond motifs is 1. The lowest BCUT2D eigenvalue weighted by Gasteiger charge is -2.30. The van der Waals surface area contributed by atoms with E-state index in [0.29, 0.717) is 19.6 Å². The number of likely N-dealkylation sites (tertiary alicyclic amines) is 2. The van der Waals surface area contributed by atoms with Crippen molar-refractivity contribution in [3.63, 3.8) is 0 Å². The molecule has 7 heteroatoms. The van der Waals surface area contributed by atoms with Gasteiger partial charge in [-0.05, 0) is 37.1 Å². The molecule has 0 aliphatic carbocycles. The number of ether oxygens (including phenoxy) is 2. The Morgan fingerprint density at radius 3 is 2.42 bits per heavy atom. The highest BCUT2D eigenvalue weighted by Gasteiger charge is 2.58. The molecule has 4 rings (SSSR count). The Morgan fingerprint density at radius 2 is 1.76 bits per heavy atom. The maximum atomic E-state index is 14.8. The fourth-order valence-electron chi connectivity index (χ4n) is 4.97. The van der Waals surface area contributed by atoms with Crippen LogP contribution >= 0.6 is 0 Å². The molecule has 2 heterocycles. The standard InChI is InChI=1S/C26H32F2N2O3/c1-25(2,24(31)33-16-20-9-11-21(32-3)12-10-20)17-29-14-22-23(15-29)30(18-26(22,27)28)13-19-7-5-4-6-8-19/h4-12,22-23H,13-18H2,1-3H3/t22-,23+/m1/s1. The maximum Gasteiger partial charge on any atom is 0.313 e. The Labute approximate surface area is 194 Å². The van der Waals surface area contributed by atoms with Gasteiger partial charge < -0.3 is 14.4 Å². The Balaban J connectivity index is 1.34. The van der Waals surface area contributed by atoms with Crippen molar-refractivity contribution in [3.05, 3.63) is 65.7 Å². The topological polar surface area (TPSA) is 42.0 Å². The molecule has 0 unspecified atom stereocenters. The van der Waals surface area contributed by atoms with E-state index in [-0.39, 0.29) is 31.7 Å². The number of rotatable bonds is 8. The zero-order valence-corrected chi connectivity index (χ0v) is 19.5. The Hall–Kier alpha value is -2.51. The summed E-state index contributed by atoms with van der Waals surface area (Å²) in [5, 5.41) is 0. The first kappa shape index (κ1) is 23.6. The fourth-order valence-corrected chi connectivity index (χ4v) is 4.97. The zero-order chi connectivity index (χ0) is 23.6. The van der Waals surface area contributed by atoms with Crippen LogP contribution in [-0.4, -0.2) is 61.0 Å². The normalized spacial score (nSPS) is 22.8. The van der Waals surface area contributed by atoms with E-state index in [0.717, 1.165) is 16.9 Å². The number of benzene rings is 2. The minimum absolute atomic E-state index is 0.167. The van der Waals surface area contributed by atoms with E-state index in [1.165, 1.54) is 0 Å². The maximum absolute atomic E-state index is 14.8. The third kappa shape index (κ3) is 5.36. The van der Waals surface area contributed by atoms with Crippen LogP contribution in [0.15, 0.2) is 54.6 Å². The van der Waals surface area contributed by atoms with E-state index in [9.17, 15) is 13.6 Å². The van der Waals surface area contributed by atoms with Gasteiger partial charge in [0.2, 0.25) is 0 Å². The molecular weight excluding hydrogens is 426 g/mol. The molecule has 0 radical (unpaired) electrons. The quantitative estimate of drug-likeness (QED) is 0.555. The van der Waals surface area contributed by atoms with Crippen LogP contribution in [0.25, 0.3) is 0 Å². The zero-order valence-electron chi connectivity index (χ0n) is 19.5. The first-order valence-electron chi connectivity index (χ1n) is 11.4. The summed E-state index contributed by atoms with van der Waals surface area (Å²) in [6.07, 6.45) is 0. The van der Waals surface area contributed by atoms with E-state index in [1.807, 2.05) is 78.2 Å². The molecule has 5 nitrogen and oxygen atoms in total. The highest BCUT2D eigenvalue weighted by molar-refractivity contribution is 5.76. The fraction of sp³-hybridized carbons (Fsp3) is 0.500. The summed E-state index contributed by atoms with van der Waals surface area (Å²) < 4.78 is 40.3. The molecule has 0 N–H and O–H groups in total. The average Bonchev–Trinajstić information content (AvgIpc) is 3.31. The number of halogens is 2. The number of methoxy groups -OCH3 is 1. The summed E-state index contributed by atoms with van der Waals surface area (Å²) in [4.78, 5) is 16.7. The monoisotopic (exact) mass is 458 g/mol. The number of carbonyl (C=O) groups excluding carboxylic acids is 1. The van der Waals surface area contributed by atoms with Gasteiger partial charge in [0.1, 0.15) is 12.4 Å². The summed E-state index contributed by atoms with van der Waals surface area (Å²) in [5.74, 6) is -3.04. The second kappa shape index (κ2) is 9.39. The number of carbonyl (C=O) groups is 1. The predicted molar refractivity (Wildman–Crippen MR) is 122 cm³/mol. The van der Waals surface area contributed by atoms with Crippen molar-refractivity contribution in [2.75, 3.05) is 33.3 Å². The summed E-state index contributed by atoms with van der Waals surface area (Å²) in [6.45, 7) is 5.31.